The molecule has 0 aromatic carbocycles. The molecule has 0 spiro atoms. The quantitative estimate of drug-likeness (QED) is 0.0495. The van der Waals surface area contributed by atoms with Crippen LogP contribution in [0.15, 0.2) is 0 Å². The van der Waals surface area contributed by atoms with Gasteiger partial charge in [0.15, 0.2) is 17.2 Å². The van der Waals surface area contributed by atoms with E-state index >= 15 is 0 Å². The van der Waals surface area contributed by atoms with Crippen LogP contribution in [0.1, 0.15) is 226 Å². The first-order chi connectivity index (χ1) is 23.0. The highest BCUT2D eigenvalue weighted by atomic mass is 16.5. The van der Waals surface area contributed by atoms with E-state index in [-0.39, 0.29) is 17.5 Å². The molecule has 0 saturated carbocycles. The lowest BCUT2D eigenvalue weighted by Crippen LogP contribution is -2.46. The van der Waals surface area contributed by atoms with Crippen molar-refractivity contribution in [3.05, 3.63) is 0 Å². The maximum Gasteiger partial charge on any atom is 0.184 e. The summed E-state index contributed by atoms with van der Waals surface area (Å²) in [5, 5.41) is 0. The summed E-state index contributed by atoms with van der Waals surface area (Å²) in [5.74, 6) is 0.402. The molecular weight excluding hydrogens is 578 g/mol. The van der Waals surface area contributed by atoms with Gasteiger partial charge >= 0.3 is 0 Å². The van der Waals surface area contributed by atoms with E-state index in [2.05, 4.69) is 32.8 Å². The molecule has 1 aliphatic heterocycles. The third-order valence-corrected chi connectivity index (χ3v) is 10.7. The number of nitrogens with zero attached hydrogens (tertiary/aromatic N) is 1. The normalized spacial score (nSPS) is 16.0. The Morgan fingerprint density at radius 3 is 1.04 bits per heavy atom. The fourth-order valence-corrected chi connectivity index (χ4v) is 7.68. The van der Waals surface area contributed by atoms with Crippen LogP contribution >= 0.6 is 0 Å². The Hall–Kier alpha value is -0.740. The van der Waals surface area contributed by atoms with E-state index in [4.69, 9.17) is 4.74 Å². The Labute approximate surface area is 294 Å². The first kappa shape index (κ1) is 44.3. The van der Waals surface area contributed by atoms with Gasteiger partial charge in [0.25, 0.3) is 0 Å². The molecule has 0 aromatic heterocycles. The average molecular weight is 662 g/mol. The third-order valence-electron chi connectivity index (χ3n) is 10.7. The molecule has 1 fully saturated rings. The van der Waals surface area contributed by atoms with Gasteiger partial charge in [0.05, 0.1) is 6.61 Å². The third kappa shape index (κ3) is 23.3. The number of carbonyl (C=O) groups is 2. The van der Waals surface area contributed by atoms with Crippen LogP contribution in [0.25, 0.3) is 0 Å². The van der Waals surface area contributed by atoms with Gasteiger partial charge in [-0.25, -0.2) is 0 Å². The minimum atomic E-state index is -1.16. The summed E-state index contributed by atoms with van der Waals surface area (Å²) in [7, 11) is 4.13. The number of Topliss-reactive ketones (excluding diaryl/α,β-unsaturated/α-hetero) is 2. The van der Waals surface area contributed by atoms with Crippen LogP contribution < -0.4 is 0 Å². The van der Waals surface area contributed by atoms with Crippen LogP contribution in [0.4, 0.5) is 0 Å². The number of carbonyl (C=O) groups excluding carboxylic acids is 2. The van der Waals surface area contributed by atoms with E-state index in [1.165, 1.54) is 167 Å². The summed E-state index contributed by atoms with van der Waals surface area (Å²) in [6.45, 7) is 5.98. The highest BCUT2D eigenvalue weighted by Gasteiger charge is 2.51. The number of hydrogen-bond donors (Lipinski definition) is 0. The lowest BCUT2D eigenvalue weighted by atomic mass is 9.82. The largest absolute Gasteiger partial charge is 0.359 e. The molecule has 0 radical (unpaired) electrons. The molecule has 4 heteroatoms. The van der Waals surface area contributed by atoms with E-state index < -0.39 is 5.60 Å². The zero-order valence-corrected chi connectivity index (χ0v) is 32.5. The molecule has 1 atom stereocenters. The van der Waals surface area contributed by atoms with Crippen molar-refractivity contribution in [2.45, 2.75) is 231 Å². The zero-order chi connectivity index (χ0) is 34.3. The highest BCUT2D eigenvalue weighted by molar-refractivity contribution is 6.10. The Kier molecular flexibility index (Phi) is 29.4. The van der Waals surface area contributed by atoms with E-state index in [1.54, 1.807) is 0 Å². The van der Waals surface area contributed by atoms with Gasteiger partial charge in [-0.15, -0.1) is 0 Å². The molecule has 0 N–H and O–H groups in total. The van der Waals surface area contributed by atoms with Crippen LogP contribution in [0.5, 0.6) is 0 Å². The fraction of sp³-hybridized carbons (Fsp3) is 0.953. The lowest BCUT2D eigenvalue weighted by Gasteiger charge is -2.26. The molecule has 1 unspecified atom stereocenters. The zero-order valence-electron chi connectivity index (χ0n) is 32.5. The Morgan fingerprint density at radius 1 is 0.489 bits per heavy atom. The van der Waals surface area contributed by atoms with Crippen molar-refractivity contribution in [1.82, 2.24) is 4.90 Å². The standard InChI is InChI=1S/C43H83NO3/c1-5-7-9-11-13-15-17-19-21-23-25-27-29-31-33-35-41(45)43(37-40(39-47-43)38-44(3)4)42(46)36-34-32-30-28-26-24-22-20-18-16-14-12-10-8-6-2/h40H,5-39H2,1-4H3. The second kappa shape index (κ2) is 31.3. The van der Waals surface area contributed by atoms with E-state index in [0.717, 1.165) is 32.2 Å². The minimum Gasteiger partial charge on any atom is -0.359 e. The predicted octanol–water partition coefficient (Wildman–Crippen LogP) is 13.0. The molecule has 0 amide bonds. The van der Waals surface area contributed by atoms with Gasteiger partial charge in [-0.1, -0.05) is 194 Å². The summed E-state index contributed by atoms with van der Waals surface area (Å²) >= 11 is 0. The van der Waals surface area contributed by atoms with Gasteiger partial charge in [0.2, 0.25) is 0 Å². The van der Waals surface area contributed by atoms with Gasteiger partial charge in [-0.2, -0.15) is 0 Å². The van der Waals surface area contributed by atoms with Gasteiger partial charge in [0.1, 0.15) is 0 Å². The van der Waals surface area contributed by atoms with Crippen LogP contribution in [0.2, 0.25) is 0 Å². The van der Waals surface area contributed by atoms with Crippen molar-refractivity contribution in [3.63, 3.8) is 0 Å². The number of unbranched alkanes of at least 4 members (excludes halogenated alkanes) is 28. The van der Waals surface area contributed by atoms with Gasteiger partial charge < -0.3 is 9.64 Å². The summed E-state index contributed by atoms with van der Waals surface area (Å²) < 4.78 is 6.20. The van der Waals surface area contributed by atoms with Gasteiger partial charge in [0, 0.05) is 19.4 Å². The fourth-order valence-electron chi connectivity index (χ4n) is 7.68. The average Bonchev–Trinajstić information content (AvgIpc) is 3.49. The first-order valence-electron chi connectivity index (χ1n) is 21.3. The number of hydrogen-bond acceptors (Lipinski definition) is 4. The molecule has 0 bridgehead atoms. The Bertz CT molecular complexity index is 674. The van der Waals surface area contributed by atoms with Crippen molar-refractivity contribution >= 4 is 11.6 Å². The van der Waals surface area contributed by atoms with Crippen molar-refractivity contribution in [3.8, 4) is 0 Å². The lowest BCUT2D eigenvalue weighted by molar-refractivity contribution is -0.152. The molecule has 0 aliphatic carbocycles. The minimum absolute atomic E-state index is 0.0689. The summed E-state index contributed by atoms with van der Waals surface area (Å²) in [4.78, 5) is 29.3. The van der Waals surface area contributed by atoms with Crippen molar-refractivity contribution in [1.29, 1.82) is 0 Å². The van der Waals surface area contributed by atoms with E-state index in [9.17, 15) is 9.59 Å². The first-order valence-corrected chi connectivity index (χ1v) is 21.3. The molecule has 1 aliphatic rings. The molecule has 1 saturated heterocycles. The van der Waals surface area contributed by atoms with Crippen LogP contribution in [0.3, 0.4) is 0 Å². The second-order valence-electron chi connectivity index (χ2n) is 15.7. The monoisotopic (exact) mass is 662 g/mol. The van der Waals surface area contributed by atoms with Crippen molar-refractivity contribution in [2.24, 2.45) is 5.92 Å². The molecule has 4 nitrogen and oxygen atoms in total. The SMILES string of the molecule is CCCCCCCCCCCCCCCCCC(=O)C1(C(=O)CCCCCCCCCCCCCCCCC)CC(CN(C)C)CO1. The van der Waals surface area contributed by atoms with Crippen molar-refractivity contribution < 1.29 is 14.3 Å². The number of ketones is 2. The number of rotatable bonds is 36. The summed E-state index contributed by atoms with van der Waals surface area (Å²) in [5.41, 5.74) is -1.16. The second-order valence-corrected chi connectivity index (χ2v) is 15.7. The maximum absolute atomic E-state index is 13.6. The van der Waals surface area contributed by atoms with Crippen LogP contribution in [-0.4, -0.2) is 49.3 Å². The number of ether oxygens (including phenoxy) is 1. The predicted molar refractivity (Wildman–Crippen MR) is 204 cm³/mol. The Balaban J connectivity index is 2.20. The van der Waals surface area contributed by atoms with Gasteiger partial charge in [-0.05, 0) is 39.3 Å². The smallest absolute Gasteiger partial charge is 0.184 e. The topological polar surface area (TPSA) is 46.6 Å². The summed E-state index contributed by atoms with van der Waals surface area (Å²) in [6, 6.07) is 0. The van der Waals surface area contributed by atoms with Crippen LogP contribution in [0, 0.1) is 5.92 Å². The molecular formula is C43H83NO3. The molecule has 1 heterocycles. The van der Waals surface area contributed by atoms with E-state index in [1.807, 2.05) is 0 Å². The van der Waals surface area contributed by atoms with Crippen LogP contribution in [-0.2, 0) is 14.3 Å². The maximum atomic E-state index is 13.6. The highest BCUT2D eigenvalue weighted by Crippen LogP contribution is 2.35. The van der Waals surface area contributed by atoms with Gasteiger partial charge in [-0.3, -0.25) is 9.59 Å². The Morgan fingerprint density at radius 2 is 0.766 bits per heavy atom. The van der Waals surface area contributed by atoms with E-state index in [0.29, 0.717) is 25.9 Å². The van der Waals surface area contributed by atoms with Crippen molar-refractivity contribution in [2.75, 3.05) is 27.2 Å². The summed E-state index contributed by atoms with van der Waals surface area (Å²) in [6.07, 6.45) is 41.1. The molecule has 1 rings (SSSR count). The molecule has 47 heavy (non-hydrogen) atoms. The molecule has 278 valence electrons. The molecule has 0 aromatic rings.